The van der Waals surface area contributed by atoms with Crippen molar-refractivity contribution in [3.63, 3.8) is 0 Å². The molecule has 2 heterocycles. The summed E-state index contributed by atoms with van der Waals surface area (Å²) in [6.45, 7) is 3.42. The van der Waals surface area contributed by atoms with Gasteiger partial charge >= 0.3 is 0 Å². The summed E-state index contributed by atoms with van der Waals surface area (Å²) in [5.74, 6) is 0.359. The van der Waals surface area contributed by atoms with Gasteiger partial charge in [-0.2, -0.15) is 0 Å². The molecule has 0 aliphatic carbocycles. The largest absolute Gasteiger partial charge is 0.337 e. The molecule has 2 aliphatic heterocycles. The molecule has 2 fully saturated rings. The first-order valence-corrected chi connectivity index (χ1v) is 11.3. The molecule has 0 aromatic heterocycles. The lowest BCUT2D eigenvalue weighted by molar-refractivity contribution is -0.927. The van der Waals surface area contributed by atoms with Crippen LogP contribution in [0.3, 0.4) is 0 Å². The number of hydrogen-bond donors (Lipinski definition) is 2. The summed E-state index contributed by atoms with van der Waals surface area (Å²) < 4.78 is 0. The van der Waals surface area contributed by atoms with Crippen LogP contribution >= 0.6 is 0 Å². The molecule has 2 amide bonds. The predicted octanol–water partition coefficient (Wildman–Crippen LogP) is 2.67. The fourth-order valence-corrected chi connectivity index (χ4v) is 4.80. The molecule has 5 heteroatoms. The minimum absolute atomic E-state index is 0.00969. The Kier molecular flexibility index (Phi) is 6.80. The summed E-state index contributed by atoms with van der Waals surface area (Å²) in [5.41, 5.74) is 1.94. The van der Waals surface area contributed by atoms with E-state index in [1.807, 2.05) is 48.5 Å². The molecular formula is C25H32N3O2+. The first kappa shape index (κ1) is 20.6. The number of rotatable bonds is 5. The van der Waals surface area contributed by atoms with E-state index in [0.717, 1.165) is 63.1 Å². The third kappa shape index (κ3) is 4.90. The summed E-state index contributed by atoms with van der Waals surface area (Å²) in [7, 11) is 0. The van der Waals surface area contributed by atoms with Crippen LogP contribution in [0.15, 0.2) is 60.7 Å². The number of nitrogens with zero attached hydrogens (tertiary/aromatic N) is 1. The summed E-state index contributed by atoms with van der Waals surface area (Å²) in [6, 6.07) is 19.7. The lowest BCUT2D eigenvalue weighted by Crippen LogP contribution is -3.14. The van der Waals surface area contributed by atoms with Crippen LogP contribution in [0.2, 0.25) is 0 Å². The minimum atomic E-state index is -0.164. The summed E-state index contributed by atoms with van der Waals surface area (Å²) in [6.07, 6.45) is 5.04. The van der Waals surface area contributed by atoms with Gasteiger partial charge in [0.15, 0.2) is 6.04 Å². The maximum atomic E-state index is 13.5. The highest BCUT2D eigenvalue weighted by molar-refractivity contribution is 5.92. The van der Waals surface area contributed by atoms with Gasteiger partial charge in [-0.1, -0.05) is 48.5 Å². The van der Waals surface area contributed by atoms with Crippen molar-refractivity contribution >= 4 is 17.5 Å². The van der Waals surface area contributed by atoms with Gasteiger partial charge in [-0.15, -0.1) is 0 Å². The van der Waals surface area contributed by atoms with Crippen molar-refractivity contribution in [2.45, 2.75) is 38.1 Å². The molecule has 0 bridgehead atoms. The molecule has 0 radical (unpaired) electrons. The van der Waals surface area contributed by atoms with Crippen molar-refractivity contribution in [3.05, 3.63) is 66.2 Å². The molecule has 5 nitrogen and oxygen atoms in total. The second-order valence-electron chi connectivity index (χ2n) is 8.52. The number of piperidine rings is 2. The van der Waals surface area contributed by atoms with Gasteiger partial charge in [-0.3, -0.25) is 9.59 Å². The monoisotopic (exact) mass is 406 g/mol. The number of carbonyl (C=O) groups excluding carboxylic acids is 2. The van der Waals surface area contributed by atoms with E-state index in [-0.39, 0.29) is 23.8 Å². The zero-order valence-corrected chi connectivity index (χ0v) is 17.6. The third-order valence-electron chi connectivity index (χ3n) is 6.50. The number of para-hydroxylation sites is 1. The quantitative estimate of drug-likeness (QED) is 0.802. The van der Waals surface area contributed by atoms with Gasteiger partial charge in [0.2, 0.25) is 5.91 Å². The van der Waals surface area contributed by atoms with Crippen LogP contribution in [0.5, 0.6) is 0 Å². The molecule has 0 spiro atoms. The normalized spacial score (nSPS) is 22.9. The highest BCUT2D eigenvalue weighted by atomic mass is 16.2. The zero-order valence-electron chi connectivity index (χ0n) is 17.6. The number of quaternary nitrogens is 1. The van der Waals surface area contributed by atoms with E-state index in [1.54, 1.807) is 0 Å². The average molecular weight is 407 g/mol. The molecule has 2 aromatic carbocycles. The number of carbonyl (C=O) groups is 2. The van der Waals surface area contributed by atoms with Gasteiger partial charge < -0.3 is 15.1 Å². The van der Waals surface area contributed by atoms with Gasteiger partial charge in [-0.25, -0.2) is 0 Å². The number of benzene rings is 2. The highest BCUT2D eigenvalue weighted by Gasteiger charge is 2.38. The Morgan fingerprint density at radius 3 is 2.10 bits per heavy atom. The Bertz CT molecular complexity index is 826. The number of nitrogens with one attached hydrogen (secondary N) is 2. The van der Waals surface area contributed by atoms with Crippen LogP contribution < -0.4 is 10.2 Å². The third-order valence-corrected chi connectivity index (χ3v) is 6.50. The van der Waals surface area contributed by atoms with Crippen molar-refractivity contribution in [2.24, 2.45) is 5.92 Å². The molecule has 2 saturated heterocycles. The molecule has 0 saturated carbocycles. The van der Waals surface area contributed by atoms with Crippen molar-refractivity contribution in [1.29, 1.82) is 0 Å². The van der Waals surface area contributed by atoms with Crippen LogP contribution in [-0.2, 0) is 9.59 Å². The highest BCUT2D eigenvalue weighted by Crippen LogP contribution is 2.20. The molecule has 2 N–H and O–H groups in total. The Morgan fingerprint density at radius 1 is 0.867 bits per heavy atom. The van der Waals surface area contributed by atoms with E-state index >= 15 is 0 Å². The number of anilines is 1. The van der Waals surface area contributed by atoms with Crippen LogP contribution in [0, 0.1) is 5.92 Å². The Labute approximate surface area is 179 Å². The fourth-order valence-electron chi connectivity index (χ4n) is 4.80. The summed E-state index contributed by atoms with van der Waals surface area (Å²) in [4.78, 5) is 29.5. The second-order valence-corrected chi connectivity index (χ2v) is 8.52. The lowest BCUT2D eigenvalue weighted by Gasteiger charge is -2.37. The minimum Gasteiger partial charge on any atom is -0.337 e. The van der Waals surface area contributed by atoms with E-state index in [9.17, 15) is 9.59 Å². The van der Waals surface area contributed by atoms with Gasteiger partial charge in [-0.05, 0) is 31.4 Å². The standard InChI is InChI=1S/C25H31N3O2/c29-24(26-22-12-6-2-7-13-22)21-14-18-27(19-15-21)23(20-10-4-1-5-11-20)25(30)28-16-8-3-9-17-28/h1-2,4-7,10-13,21,23H,3,8-9,14-19H2,(H,26,29)/p+1/t23-/m0/s1. The lowest BCUT2D eigenvalue weighted by atomic mass is 9.92. The smallest absolute Gasteiger partial charge is 0.285 e. The topological polar surface area (TPSA) is 53.9 Å². The van der Waals surface area contributed by atoms with E-state index in [1.165, 1.54) is 11.3 Å². The Morgan fingerprint density at radius 2 is 1.47 bits per heavy atom. The van der Waals surface area contributed by atoms with E-state index < -0.39 is 0 Å². The maximum Gasteiger partial charge on any atom is 0.285 e. The van der Waals surface area contributed by atoms with Crippen LogP contribution in [0.25, 0.3) is 0 Å². The number of hydrogen-bond acceptors (Lipinski definition) is 2. The molecule has 2 aliphatic rings. The van der Waals surface area contributed by atoms with Crippen molar-refractivity contribution in [1.82, 2.24) is 4.90 Å². The molecule has 0 unspecified atom stereocenters. The summed E-state index contributed by atoms with van der Waals surface area (Å²) in [5, 5.41) is 3.04. The average Bonchev–Trinajstić information content (AvgIpc) is 2.81. The second kappa shape index (κ2) is 9.90. The van der Waals surface area contributed by atoms with Crippen molar-refractivity contribution < 1.29 is 14.5 Å². The van der Waals surface area contributed by atoms with Gasteiger partial charge in [0.1, 0.15) is 0 Å². The Hall–Kier alpha value is -2.66. The van der Waals surface area contributed by atoms with E-state index in [4.69, 9.17) is 0 Å². The molecule has 30 heavy (non-hydrogen) atoms. The van der Waals surface area contributed by atoms with Gasteiger partial charge in [0.25, 0.3) is 5.91 Å². The first-order chi connectivity index (χ1) is 14.7. The summed E-state index contributed by atoms with van der Waals surface area (Å²) >= 11 is 0. The Balaban J connectivity index is 1.42. The van der Waals surface area contributed by atoms with Crippen LogP contribution in [-0.4, -0.2) is 42.9 Å². The number of likely N-dealkylation sites (tertiary alicyclic amines) is 2. The van der Waals surface area contributed by atoms with Crippen molar-refractivity contribution in [3.8, 4) is 0 Å². The van der Waals surface area contributed by atoms with Crippen LogP contribution in [0.1, 0.15) is 43.7 Å². The number of amides is 2. The van der Waals surface area contributed by atoms with Crippen LogP contribution in [0.4, 0.5) is 5.69 Å². The SMILES string of the molecule is O=C(Nc1ccccc1)C1CC[NH+]([C@H](C(=O)N2CCCCC2)c2ccccc2)CC1. The fraction of sp³-hybridized carbons (Fsp3) is 0.440. The molecule has 158 valence electrons. The molecule has 2 aromatic rings. The van der Waals surface area contributed by atoms with Crippen molar-refractivity contribution in [2.75, 3.05) is 31.5 Å². The molecular weight excluding hydrogens is 374 g/mol. The van der Waals surface area contributed by atoms with E-state index in [0.29, 0.717) is 0 Å². The first-order valence-electron chi connectivity index (χ1n) is 11.3. The molecule has 1 atom stereocenters. The molecule has 4 rings (SSSR count). The predicted molar refractivity (Wildman–Crippen MR) is 118 cm³/mol. The zero-order chi connectivity index (χ0) is 20.8. The van der Waals surface area contributed by atoms with Gasteiger partial charge in [0, 0.05) is 43.1 Å². The van der Waals surface area contributed by atoms with Gasteiger partial charge in [0.05, 0.1) is 13.1 Å². The van der Waals surface area contributed by atoms with E-state index in [2.05, 4.69) is 22.3 Å². The maximum absolute atomic E-state index is 13.5.